The first kappa shape index (κ1) is 71.9. The summed E-state index contributed by atoms with van der Waals surface area (Å²) in [4.78, 5) is 48.6. The summed E-state index contributed by atoms with van der Waals surface area (Å²) in [6, 6.07) is 0. The second-order valence-corrected chi connectivity index (χ2v) is 20.5. The van der Waals surface area contributed by atoms with Gasteiger partial charge in [-0.25, -0.2) is 4.57 Å². The van der Waals surface area contributed by atoms with E-state index in [2.05, 4.69) is 136 Å². The van der Waals surface area contributed by atoms with Gasteiger partial charge >= 0.3 is 25.7 Å². The molecule has 76 heavy (non-hydrogen) atoms. The van der Waals surface area contributed by atoms with Gasteiger partial charge in [0.15, 0.2) is 6.10 Å². The fraction of sp³-hybridized carbons (Fsp3) is 0.641. The number of phosphoric acid groups is 1. The van der Waals surface area contributed by atoms with E-state index in [9.17, 15) is 28.9 Å². The van der Waals surface area contributed by atoms with Crippen LogP contribution in [-0.4, -0.2) is 66.5 Å². The van der Waals surface area contributed by atoms with E-state index in [1.54, 1.807) is 0 Å². The van der Waals surface area contributed by atoms with Crippen LogP contribution in [0.25, 0.3) is 0 Å². The number of allylic oxidation sites excluding steroid dienone is 20. The number of ether oxygens (including phenoxy) is 3. The molecule has 0 amide bonds. The highest BCUT2D eigenvalue weighted by atomic mass is 31.2. The molecule has 0 aromatic carbocycles. The first-order valence-electron chi connectivity index (χ1n) is 29.4. The van der Waals surface area contributed by atoms with Crippen LogP contribution < -0.4 is 0 Å². The minimum Gasteiger partial charge on any atom is -0.462 e. The molecule has 0 saturated heterocycles. The fourth-order valence-electron chi connectivity index (χ4n) is 7.44. The Bertz CT molecular complexity index is 1740. The van der Waals surface area contributed by atoms with Crippen LogP contribution in [0.3, 0.4) is 0 Å². The minimum atomic E-state index is -4.78. The predicted octanol–water partition coefficient (Wildman–Crippen LogP) is 17.6. The molecule has 12 heteroatoms. The van der Waals surface area contributed by atoms with Crippen LogP contribution in [0.5, 0.6) is 0 Å². The summed E-state index contributed by atoms with van der Waals surface area (Å²) in [7, 11) is -4.78. The maximum atomic E-state index is 12.9. The molecule has 0 aliphatic heterocycles. The van der Waals surface area contributed by atoms with Gasteiger partial charge in [-0.15, -0.1) is 0 Å². The van der Waals surface area contributed by atoms with Gasteiger partial charge in [0.1, 0.15) is 12.7 Å². The smallest absolute Gasteiger partial charge is 0.462 e. The zero-order chi connectivity index (χ0) is 55.5. The Balaban J connectivity index is 4.86. The number of hydrogen-bond donors (Lipinski definition) is 2. The molecule has 3 atom stereocenters. The van der Waals surface area contributed by atoms with Gasteiger partial charge in [-0.2, -0.15) is 0 Å². The number of carbonyl (C=O) groups is 3. The van der Waals surface area contributed by atoms with Crippen molar-refractivity contribution in [2.24, 2.45) is 0 Å². The number of aliphatic hydroxyl groups excluding tert-OH is 1. The number of phosphoric ester groups is 1. The average molecular weight is 1080 g/mol. The Morgan fingerprint density at radius 1 is 0.382 bits per heavy atom. The molecule has 0 saturated carbocycles. The quantitative estimate of drug-likeness (QED) is 0.0197. The third-order valence-corrected chi connectivity index (χ3v) is 12.8. The van der Waals surface area contributed by atoms with E-state index in [1.165, 1.54) is 38.5 Å². The highest BCUT2D eigenvalue weighted by Crippen LogP contribution is 2.43. The summed E-state index contributed by atoms with van der Waals surface area (Å²) in [6.07, 6.45) is 70.2. The average Bonchev–Trinajstić information content (AvgIpc) is 3.41. The Morgan fingerprint density at radius 2 is 0.697 bits per heavy atom. The number of hydrogen-bond acceptors (Lipinski definition) is 10. The van der Waals surface area contributed by atoms with Crippen molar-refractivity contribution in [1.29, 1.82) is 0 Å². The van der Waals surface area contributed by atoms with Crippen molar-refractivity contribution in [1.82, 2.24) is 0 Å². The molecule has 0 rings (SSSR count). The van der Waals surface area contributed by atoms with E-state index in [0.29, 0.717) is 25.7 Å². The number of unbranched alkanes of at least 4 members (excludes halogenated alkanes) is 16. The number of carbonyl (C=O) groups excluding carboxylic acids is 3. The molecular formula is C64H105O11P. The third-order valence-electron chi connectivity index (χ3n) is 11.8. The van der Waals surface area contributed by atoms with Gasteiger partial charge in [-0.1, -0.05) is 206 Å². The lowest BCUT2D eigenvalue weighted by Crippen LogP contribution is -2.30. The van der Waals surface area contributed by atoms with Crippen molar-refractivity contribution < 1.29 is 52.2 Å². The Hall–Kier alpha value is -4.12. The van der Waals surface area contributed by atoms with Crippen LogP contribution in [0.4, 0.5) is 0 Å². The molecule has 0 radical (unpaired) electrons. The molecule has 0 aliphatic carbocycles. The van der Waals surface area contributed by atoms with Crippen molar-refractivity contribution in [3.05, 3.63) is 122 Å². The highest BCUT2D eigenvalue weighted by molar-refractivity contribution is 7.47. The standard InChI is InChI=1S/C64H105O11P/c1-4-7-10-13-16-19-22-25-28-30-33-35-38-41-44-47-50-53-62(66)71-57-61(75-64(68)55-52-49-46-43-40-37-34-31-29-26-23-20-17-14-11-8-5-2)59-73-76(69,70)72-58-60(56-65)74-63(67)54-51-48-45-42-39-36-32-27-24-21-18-15-12-9-6-3/h7-8,10-11,16-17,19-20,25-29,32-35,37,41,44,60-61,65H,4-6,9,12-15,18,21-24,30-31,36,38-40,42-43,45-59H2,1-3H3,(H,69,70)/b10-7-,11-8-,19-16-,20-17-,28-25-,29-26-,32-27-,35-33-,37-34-,44-41-. The van der Waals surface area contributed by atoms with Crippen LogP contribution in [0.15, 0.2) is 122 Å². The molecule has 0 spiro atoms. The maximum absolute atomic E-state index is 12.9. The summed E-state index contributed by atoms with van der Waals surface area (Å²) in [5.41, 5.74) is 0. The molecular weight excluding hydrogens is 976 g/mol. The largest absolute Gasteiger partial charge is 0.472 e. The molecule has 432 valence electrons. The molecule has 0 heterocycles. The van der Waals surface area contributed by atoms with E-state index in [4.69, 9.17) is 23.3 Å². The van der Waals surface area contributed by atoms with Gasteiger partial charge in [-0.3, -0.25) is 23.4 Å². The molecule has 11 nitrogen and oxygen atoms in total. The zero-order valence-corrected chi connectivity index (χ0v) is 48.6. The number of aliphatic hydroxyl groups is 1. The molecule has 0 aromatic rings. The van der Waals surface area contributed by atoms with Gasteiger partial charge in [0, 0.05) is 19.3 Å². The molecule has 0 fully saturated rings. The molecule has 0 bridgehead atoms. The molecule has 0 aromatic heterocycles. The van der Waals surface area contributed by atoms with Crippen LogP contribution >= 0.6 is 7.82 Å². The second kappa shape index (κ2) is 57.1. The number of rotatable bonds is 53. The number of esters is 3. The molecule has 2 N–H and O–H groups in total. The van der Waals surface area contributed by atoms with Gasteiger partial charge in [0.2, 0.25) is 0 Å². The monoisotopic (exact) mass is 1080 g/mol. The topological polar surface area (TPSA) is 155 Å². The van der Waals surface area contributed by atoms with Crippen molar-refractivity contribution in [2.75, 3.05) is 26.4 Å². The van der Waals surface area contributed by atoms with E-state index in [0.717, 1.165) is 122 Å². The Morgan fingerprint density at radius 3 is 1.11 bits per heavy atom. The van der Waals surface area contributed by atoms with Crippen LogP contribution in [0.2, 0.25) is 0 Å². The molecule has 0 aliphatic rings. The van der Waals surface area contributed by atoms with E-state index in [-0.39, 0.29) is 25.9 Å². The highest BCUT2D eigenvalue weighted by Gasteiger charge is 2.28. The van der Waals surface area contributed by atoms with E-state index in [1.807, 2.05) is 6.08 Å². The van der Waals surface area contributed by atoms with Crippen molar-refractivity contribution >= 4 is 25.7 Å². The van der Waals surface area contributed by atoms with Crippen LogP contribution in [-0.2, 0) is 42.2 Å². The lowest BCUT2D eigenvalue weighted by atomic mass is 10.1. The lowest BCUT2D eigenvalue weighted by Gasteiger charge is -2.21. The SMILES string of the molecule is CC/C=C\C/C=C\C/C=C\C/C=C\C/C=C\CCCC(=O)OCC(COP(=O)(O)OCC(CO)OC(=O)CCCCCCC/C=C\CCCCCCCC)OC(=O)CCCCCC/C=C\C/C=C\C/C=C\C/C=C\CC. The fourth-order valence-corrected chi connectivity index (χ4v) is 8.22. The second-order valence-electron chi connectivity index (χ2n) is 19.0. The first-order chi connectivity index (χ1) is 37.2. The summed E-state index contributed by atoms with van der Waals surface area (Å²) < 4.78 is 39.5. The molecule has 3 unspecified atom stereocenters. The predicted molar refractivity (Wildman–Crippen MR) is 316 cm³/mol. The van der Waals surface area contributed by atoms with Crippen molar-refractivity contribution in [3.8, 4) is 0 Å². The van der Waals surface area contributed by atoms with Crippen LogP contribution in [0, 0.1) is 0 Å². The first-order valence-corrected chi connectivity index (χ1v) is 30.9. The van der Waals surface area contributed by atoms with Gasteiger partial charge in [0.25, 0.3) is 0 Å². The summed E-state index contributed by atoms with van der Waals surface area (Å²) >= 11 is 0. The maximum Gasteiger partial charge on any atom is 0.472 e. The van der Waals surface area contributed by atoms with Crippen LogP contribution in [0.1, 0.15) is 226 Å². The van der Waals surface area contributed by atoms with E-state index >= 15 is 0 Å². The summed E-state index contributed by atoms with van der Waals surface area (Å²) in [6.45, 7) is 4.30. The third kappa shape index (κ3) is 54.7. The summed E-state index contributed by atoms with van der Waals surface area (Å²) in [5.74, 6) is -1.58. The van der Waals surface area contributed by atoms with E-state index < -0.39 is 57.8 Å². The Kier molecular flexibility index (Phi) is 54.0. The van der Waals surface area contributed by atoms with Gasteiger partial charge < -0.3 is 24.2 Å². The van der Waals surface area contributed by atoms with Crippen molar-refractivity contribution in [2.45, 2.75) is 238 Å². The van der Waals surface area contributed by atoms with Gasteiger partial charge in [0.05, 0.1) is 19.8 Å². The lowest BCUT2D eigenvalue weighted by molar-refractivity contribution is -0.161. The normalized spacial score (nSPS) is 14.2. The summed E-state index contributed by atoms with van der Waals surface area (Å²) in [5, 5.41) is 9.82. The Labute approximate surface area is 462 Å². The van der Waals surface area contributed by atoms with Gasteiger partial charge in [-0.05, 0) is 122 Å². The van der Waals surface area contributed by atoms with Crippen molar-refractivity contribution in [3.63, 3.8) is 0 Å². The zero-order valence-electron chi connectivity index (χ0n) is 47.7. The minimum absolute atomic E-state index is 0.121.